The predicted molar refractivity (Wildman–Crippen MR) is 67.6 cm³/mol. The van der Waals surface area contributed by atoms with E-state index in [2.05, 4.69) is 23.9 Å². The molecule has 0 aliphatic heterocycles. The normalized spacial score (nSPS) is 11.5. The Hall–Kier alpha value is -2.30. The first kappa shape index (κ1) is 10.8. The summed E-state index contributed by atoms with van der Waals surface area (Å²) < 4.78 is 6.48. The first-order valence-corrected chi connectivity index (χ1v) is 5.80. The van der Waals surface area contributed by atoms with Gasteiger partial charge in [0, 0.05) is 23.4 Å². The lowest BCUT2D eigenvalue weighted by atomic mass is 10.1. The third-order valence-electron chi connectivity index (χ3n) is 2.97. The molecular formula is C13H13N3O2. The molecule has 0 amide bonds. The summed E-state index contributed by atoms with van der Waals surface area (Å²) in [7, 11) is 0. The minimum absolute atomic E-state index is 0.122. The van der Waals surface area contributed by atoms with Crippen molar-refractivity contribution in [2.24, 2.45) is 0 Å². The van der Waals surface area contributed by atoms with E-state index < -0.39 is 0 Å². The maximum atomic E-state index is 12.0. The number of fused-ring (bicyclic) bond motifs is 1. The van der Waals surface area contributed by atoms with E-state index in [4.69, 9.17) is 4.42 Å². The molecule has 0 saturated carbocycles. The van der Waals surface area contributed by atoms with Crippen molar-refractivity contribution in [1.82, 2.24) is 14.6 Å². The van der Waals surface area contributed by atoms with Crippen LogP contribution in [-0.2, 0) is 0 Å². The Morgan fingerprint density at radius 3 is 2.94 bits per heavy atom. The Morgan fingerprint density at radius 2 is 2.28 bits per heavy atom. The molecule has 0 fully saturated rings. The molecule has 18 heavy (non-hydrogen) atoms. The summed E-state index contributed by atoms with van der Waals surface area (Å²) in [5, 5.41) is 2.93. The molecule has 3 rings (SSSR count). The maximum Gasteiger partial charge on any atom is 0.273 e. The van der Waals surface area contributed by atoms with Crippen LogP contribution in [0.4, 0.5) is 0 Å². The third kappa shape index (κ3) is 1.55. The Labute approximate surface area is 103 Å². The molecule has 0 saturated heterocycles. The van der Waals surface area contributed by atoms with Gasteiger partial charge in [0.05, 0.1) is 18.2 Å². The van der Waals surface area contributed by atoms with E-state index in [9.17, 15) is 4.79 Å². The standard InChI is InChI=1S/C13H13N3O2/c1-8(2)10-6-14-16-12(17)5-11(15-13(10)16)9-3-4-18-7-9/h3-8,14H,1-2H3. The molecule has 1 N–H and O–H groups in total. The van der Waals surface area contributed by atoms with Gasteiger partial charge in [-0.15, -0.1) is 0 Å². The first-order chi connectivity index (χ1) is 8.66. The molecule has 3 heterocycles. The summed E-state index contributed by atoms with van der Waals surface area (Å²) in [5.41, 5.74) is 3.02. The van der Waals surface area contributed by atoms with Crippen LogP contribution in [0.5, 0.6) is 0 Å². The highest BCUT2D eigenvalue weighted by Gasteiger charge is 2.12. The van der Waals surface area contributed by atoms with Crippen LogP contribution in [0.3, 0.4) is 0 Å². The van der Waals surface area contributed by atoms with Gasteiger partial charge in [-0.2, -0.15) is 0 Å². The highest BCUT2D eigenvalue weighted by molar-refractivity contribution is 5.61. The number of H-pyrrole nitrogens is 1. The number of hydrogen-bond donors (Lipinski definition) is 1. The smallest absolute Gasteiger partial charge is 0.273 e. The number of aromatic nitrogens is 3. The van der Waals surface area contributed by atoms with E-state index in [1.807, 2.05) is 6.20 Å². The van der Waals surface area contributed by atoms with E-state index in [1.165, 1.54) is 10.6 Å². The predicted octanol–water partition coefficient (Wildman–Crippen LogP) is 2.41. The van der Waals surface area contributed by atoms with Crippen LogP contribution in [0, 0.1) is 0 Å². The summed E-state index contributed by atoms with van der Waals surface area (Å²) >= 11 is 0. The molecule has 3 aromatic heterocycles. The van der Waals surface area contributed by atoms with Gasteiger partial charge in [0.1, 0.15) is 0 Å². The zero-order chi connectivity index (χ0) is 12.7. The molecule has 0 aliphatic rings. The van der Waals surface area contributed by atoms with Crippen LogP contribution in [-0.4, -0.2) is 14.6 Å². The molecule has 0 spiro atoms. The SMILES string of the molecule is CC(C)c1c[nH]n2c(=O)cc(-c3ccoc3)nc12. The van der Waals surface area contributed by atoms with E-state index in [-0.39, 0.29) is 5.56 Å². The van der Waals surface area contributed by atoms with Crippen LogP contribution in [0.15, 0.2) is 40.1 Å². The van der Waals surface area contributed by atoms with E-state index in [0.717, 1.165) is 11.1 Å². The molecule has 0 bridgehead atoms. The Kier molecular flexibility index (Phi) is 2.33. The van der Waals surface area contributed by atoms with Crippen molar-refractivity contribution < 1.29 is 4.42 Å². The third-order valence-corrected chi connectivity index (χ3v) is 2.97. The summed E-state index contributed by atoms with van der Waals surface area (Å²) in [5.74, 6) is 0.303. The molecule has 0 unspecified atom stereocenters. The van der Waals surface area contributed by atoms with Gasteiger partial charge < -0.3 is 4.42 Å². The lowest BCUT2D eigenvalue weighted by Gasteiger charge is -2.02. The molecule has 92 valence electrons. The number of aromatic amines is 1. The van der Waals surface area contributed by atoms with Crippen LogP contribution in [0.25, 0.3) is 16.9 Å². The van der Waals surface area contributed by atoms with Crippen molar-refractivity contribution in [2.75, 3.05) is 0 Å². The Balaban J connectivity index is 2.31. The van der Waals surface area contributed by atoms with Crippen molar-refractivity contribution >= 4 is 5.65 Å². The second-order valence-corrected chi connectivity index (χ2v) is 4.53. The lowest BCUT2D eigenvalue weighted by Crippen LogP contribution is -2.14. The molecule has 5 heteroatoms. The van der Waals surface area contributed by atoms with Crippen LogP contribution >= 0.6 is 0 Å². The molecule has 0 aliphatic carbocycles. The minimum atomic E-state index is -0.122. The van der Waals surface area contributed by atoms with Crippen LogP contribution in [0.2, 0.25) is 0 Å². The zero-order valence-electron chi connectivity index (χ0n) is 10.2. The molecule has 5 nitrogen and oxygen atoms in total. The summed E-state index contributed by atoms with van der Waals surface area (Å²) in [6.45, 7) is 4.14. The molecular weight excluding hydrogens is 230 g/mol. The van der Waals surface area contributed by atoms with Gasteiger partial charge in [-0.3, -0.25) is 9.89 Å². The zero-order valence-corrected chi connectivity index (χ0v) is 10.2. The minimum Gasteiger partial charge on any atom is -0.472 e. The van der Waals surface area contributed by atoms with Crippen molar-refractivity contribution in [3.63, 3.8) is 0 Å². The van der Waals surface area contributed by atoms with Crippen molar-refractivity contribution in [2.45, 2.75) is 19.8 Å². The van der Waals surface area contributed by atoms with Crippen molar-refractivity contribution in [3.05, 3.63) is 46.8 Å². The van der Waals surface area contributed by atoms with Crippen LogP contribution < -0.4 is 5.56 Å². The van der Waals surface area contributed by atoms with Crippen molar-refractivity contribution in [3.8, 4) is 11.3 Å². The quantitative estimate of drug-likeness (QED) is 0.751. The van der Waals surface area contributed by atoms with Crippen LogP contribution in [0.1, 0.15) is 25.3 Å². The van der Waals surface area contributed by atoms with E-state index in [0.29, 0.717) is 17.3 Å². The van der Waals surface area contributed by atoms with Gasteiger partial charge in [0.15, 0.2) is 5.65 Å². The lowest BCUT2D eigenvalue weighted by molar-refractivity contribution is 0.568. The summed E-state index contributed by atoms with van der Waals surface area (Å²) in [4.78, 5) is 16.5. The van der Waals surface area contributed by atoms with Gasteiger partial charge in [0.25, 0.3) is 5.56 Å². The number of furan rings is 1. The largest absolute Gasteiger partial charge is 0.472 e. The molecule has 0 aromatic carbocycles. The number of hydrogen-bond acceptors (Lipinski definition) is 3. The monoisotopic (exact) mass is 243 g/mol. The van der Waals surface area contributed by atoms with Gasteiger partial charge in [-0.25, -0.2) is 9.50 Å². The number of nitrogens with zero attached hydrogens (tertiary/aromatic N) is 2. The molecule has 0 atom stereocenters. The topological polar surface area (TPSA) is 63.3 Å². The number of nitrogens with one attached hydrogen (secondary N) is 1. The average molecular weight is 243 g/mol. The van der Waals surface area contributed by atoms with E-state index >= 15 is 0 Å². The summed E-state index contributed by atoms with van der Waals surface area (Å²) in [6, 6.07) is 3.29. The fraction of sp³-hybridized carbons (Fsp3) is 0.231. The summed E-state index contributed by atoms with van der Waals surface area (Å²) in [6.07, 6.45) is 4.98. The van der Waals surface area contributed by atoms with Crippen molar-refractivity contribution in [1.29, 1.82) is 0 Å². The maximum absolute atomic E-state index is 12.0. The van der Waals surface area contributed by atoms with Gasteiger partial charge in [-0.05, 0) is 12.0 Å². The molecule has 0 radical (unpaired) electrons. The molecule has 3 aromatic rings. The first-order valence-electron chi connectivity index (χ1n) is 5.80. The van der Waals surface area contributed by atoms with Gasteiger partial charge in [0.2, 0.25) is 0 Å². The fourth-order valence-electron chi connectivity index (χ4n) is 1.98. The fourth-order valence-corrected chi connectivity index (χ4v) is 1.98. The highest BCUT2D eigenvalue weighted by atomic mass is 16.3. The Morgan fingerprint density at radius 1 is 1.44 bits per heavy atom. The second-order valence-electron chi connectivity index (χ2n) is 4.53. The Bertz CT molecular complexity index is 735. The van der Waals surface area contributed by atoms with E-state index in [1.54, 1.807) is 18.6 Å². The average Bonchev–Trinajstić information content (AvgIpc) is 2.97. The number of rotatable bonds is 2. The highest BCUT2D eigenvalue weighted by Crippen LogP contribution is 2.21. The second kappa shape index (κ2) is 3.87. The van der Waals surface area contributed by atoms with Gasteiger partial charge >= 0.3 is 0 Å². The van der Waals surface area contributed by atoms with Gasteiger partial charge in [-0.1, -0.05) is 13.8 Å².